The summed E-state index contributed by atoms with van der Waals surface area (Å²) in [6.45, 7) is 0.0954. The molecule has 0 atom stereocenters. The molecule has 1 aliphatic heterocycles. The van der Waals surface area contributed by atoms with Crippen LogP contribution in [0.1, 0.15) is 16.7 Å². The lowest BCUT2D eigenvalue weighted by molar-refractivity contribution is -0.136. The SMILES string of the molecule is CNC(=S)N/N=C(/c1ccc(Br)cc1)c1cc2c(cc1CC(=O)O)OCO2. The van der Waals surface area contributed by atoms with Gasteiger partial charge in [0.25, 0.3) is 0 Å². The molecule has 9 heteroatoms. The van der Waals surface area contributed by atoms with Gasteiger partial charge in [0, 0.05) is 22.6 Å². The summed E-state index contributed by atoms with van der Waals surface area (Å²) in [5, 5.41) is 16.9. The standard InChI is InChI=1S/C18H16BrN3O4S/c1-20-18(27)22-21-17(10-2-4-12(19)5-3-10)13-8-15-14(25-9-26-15)6-11(13)7-16(23)24/h2-6,8H,7,9H2,1H3,(H,23,24)(H2,20,22,27)/b21-17-. The number of carboxylic acids is 1. The van der Waals surface area contributed by atoms with Crippen LogP contribution in [0.5, 0.6) is 11.5 Å². The Morgan fingerprint density at radius 2 is 1.93 bits per heavy atom. The molecule has 7 nitrogen and oxygen atoms in total. The van der Waals surface area contributed by atoms with Crippen LogP contribution in [0.15, 0.2) is 46.0 Å². The van der Waals surface area contributed by atoms with E-state index in [1.165, 1.54) is 0 Å². The van der Waals surface area contributed by atoms with Crippen molar-refractivity contribution in [3.05, 3.63) is 57.6 Å². The predicted octanol–water partition coefficient (Wildman–Crippen LogP) is 2.65. The Labute approximate surface area is 169 Å². The average Bonchev–Trinajstić information content (AvgIpc) is 3.09. The number of halogens is 1. The normalized spacial score (nSPS) is 12.6. The van der Waals surface area contributed by atoms with Crippen LogP contribution < -0.4 is 20.2 Å². The van der Waals surface area contributed by atoms with Crippen LogP contribution in [-0.2, 0) is 11.2 Å². The van der Waals surface area contributed by atoms with Crippen molar-refractivity contribution in [3.63, 3.8) is 0 Å². The van der Waals surface area contributed by atoms with E-state index in [1.807, 2.05) is 24.3 Å². The molecule has 2 aromatic rings. The highest BCUT2D eigenvalue weighted by atomic mass is 79.9. The molecule has 3 rings (SSSR count). The van der Waals surface area contributed by atoms with Crippen LogP contribution in [0.4, 0.5) is 0 Å². The summed E-state index contributed by atoms with van der Waals surface area (Å²) in [4.78, 5) is 11.4. The molecule has 0 bridgehead atoms. The first-order chi connectivity index (χ1) is 13.0. The van der Waals surface area contributed by atoms with E-state index in [1.54, 1.807) is 19.2 Å². The Balaban J connectivity index is 2.14. The highest BCUT2D eigenvalue weighted by Gasteiger charge is 2.22. The Morgan fingerprint density at radius 3 is 2.56 bits per heavy atom. The Kier molecular flexibility index (Phi) is 5.92. The number of nitrogens with zero attached hydrogens (tertiary/aromatic N) is 1. The number of hydrogen-bond acceptors (Lipinski definition) is 5. The molecule has 0 fully saturated rings. The predicted molar refractivity (Wildman–Crippen MR) is 108 cm³/mol. The Hall–Kier alpha value is -2.65. The zero-order valence-corrected chi connectivity index (χ0v) is 16.7. The van der Waals surface area contributed by atoms with Gasteiger partial charge in [0.1, 0.15) is 0 Å². The molecule has 0 amide bonds. The lowest BCUT2D eigenvalue weighted by atomic mass is 9.95. The zero-order chi connectivity index (χ0) is 19.4. The van der Waals surface area contributed by atoms with E-state index in [0.29, 0.717) is 33.5 Å². The zero-order valence-electron chi connectivity index (χ0n) is 14.3. The second kappa shape index (κ2) is 8.36. The van der Waals surface area contributed by atoms with E-state index in [2.05, 4.69) is 31.8 Å². The fourth-order valence-corrected chi connectivity index (χ4v) is 2.87. The quantitative estimate of drug-likeness (QED) is 0.367. The van der Waals surface area contributed by atoms with Crippen molar-refractivity contribution in [1.82, 2.24) is 10.7 Å². The third-order valence-corrected chi connectivity index (χ3v) is 4.63. The summed E-state index contributed by atoms with van der Waals surface area (Å²) in [6.07, 6.45) is -0.183. The van der Waals surface area contributed by atoms with Crippen molar-refractivity contribution in [2.45, 2.75) is 6.42 Å². The number of ether oxygens (including phenoxy) is 2. The van der Waals surface area contributed by atoms with Gasteiger partial charge in [-0.3, -0.25) is 10.2 Å². The molecule has 2 aromatic carbocycles. The number of aliphatic carboxylic acids is 1. The van der Waals surface area contributed by atoms with Gasteiger partial charge >= 0.3 is 5.97 Å². The Bertz CT molecular complexity index is 916. The second-order valence-electron chi connectivity index (χ2n) is 5.59. The molecule has 27 heavy (non-hydrogen) atoms. The number of hydrogen-bond donors (Lipinski definition) is 3. The molecule has 0 saturated carbocycles. The van der Waals surface area contributed by atoms with E-state index in [9.17, 15) is 9.90 Å². The summed E-state index contributed by atoms with van der Waals surface area (Å²) >= 11 is 8.51. The number of carboxylic acid groups (broad SMARTS) is 1. The number of benzene rings is 2. The van der Waals surface area contributed by atoms with Gasteiger partial charge in [-0.15, -0.1) is 0 Å². The lowest BCUT2D eigenvalue weighted by Crippen LogP contribution is -2.30. The third-order valence-electron chi connectivity index (χ3n) is 3.81. The monoisotopic (exact) mass is 449 g/mol. The first-order valence-electron chi connectivity index (χ1n) is 7.94. The van der Waals surface area contributed by atoms with E-state index < -0.39 is 5.97 Å². The number of fused-ring (bicyclic) bond motifs is 1. The molecule has 0 unspecified atom stereocenters. The van der Waals surface area contributed by atoms with Crippen LogP contribution in [0.2, 0.25) is 0 Å². The van der Waals surface area contributed by atoms with Gasteiger partial charge in [-0.1, -0.05) is 28.1 Å². The van der Waals surface area contributed by atoms with Gasteiger partial charge in [-0.05, 0) is 42.0 Å². The molecule has 3 N–H and O–H groups in total. The van der Waals surface area contributed by atoms with E-state index in [-0.39, 0.29) is 13.2 Å². The average molecular weight is 450 g/mol. The van der Waals surface area contributed by atoms with Gasteiger partial charge in [-0.25, -0.2) is 0 Å². The molecule has 1 aliphatic rings. The van der Waals surface area contributed by atoms with Crippen molar-refractivity contribution in [2.24, 2.45) is 5.10 Å². The van der Waals surface area contributed by atoms with Crippen molar-refractivity contribution in [2.75, 3.05) is 13.8 Å². The highest BCUT2D eigenvalue weighted by molar-refractivity contribution is 9.10. The van der Waals surface area contributed by atoms with Gasteiger partial charge in [-0.2, -0.15) is 5.10 Å². The lowest BCUT2D eigenvalue weighted by Gasteiger charge is -2.14. The molecular weight excluding hydrogens is 434 g/mol. The largest absolute Gasteiger partial charge is 0.481 e. The minimum absolute atomic E-state index is 0.0954. The molecular formula is C18H16BrN3O4S. The molecule has 140 valence electrons. The number of rotatable bonds is 5. The smallest absolute Gasteiger partial charge is 0.307 e. The van der Waals surface area contributed by atoms with Crippen LogP contribution >= 0.6 is 28.1 Å². The molecule has 0 saturated heterocycles. The van der Waals surface area contributed by atoms with Crippen molar-refractivity contribution < 1.29 is 19.4 Å². The van der Waals surface area contributed by atoms with Crippen LogP contribution in [0, 0.1) is 0 Å². The second-order valence-corrected chi connectivity index (χ2v) is 6.92. The van der Waals surface area contributed by atoms with Gasteiger partial charge in [0.15, 0.2) is 16.6 Å². The minimum atomic E-state index is -0.955. The van der Waals surface area contributed by atoms with Crippen molar-refractivity contribution in [1.29, 1.82) is 0 Å². The molecule has 0 aromatic heterocycles. The van der Waals surface area contributed by atoms with Crippen molar-refractivity contribution in [3.8, 4) is 11.5 Å². The number of hydrazone groups is 1. The van der Waals surface area contributed by atoms with Gasteiger partial charge in [0.05, 0.1) is 12.1 Å². The highest BCUT2D eigenvalue weighted by Crippen LogP contribution is 2.36. The summed E-state index contributed by atoms with van der Waals surface area (Å²) < 4.78 is 11.8. The Morgan fingerprint density at radius 1 is 1.26 bits per heavy atom. The fraction of sp³-hybridized carbons (Fsp3) is 0.167. The maximum atomic E-state index is 11.4. The maximum absolute atomic E-state index is 11.4. The first kappa shape index (κ1) is 19.1. The number of nitrogens with one attached hydrogen (secondary N) is 2. The first-order valence-corrected chi connectivity index (χ1v) is 9.14. The molecule has 0 radical (unpaired) electrons. The van der Waals surface area contributed by atoms with E-state index in [4.69, 9.17) is 21.7 Å². The molecule has 0 spiro atoms. The van der Waals surface area contributed by atoms with Gasteiger partial charge < -0.3 is 19.9 Å². The van der Waals surface area contributed by atoms with Crippen LogP contribution in [0.3, 0.4) is 0 Å². The number of thiocarbonyl (C=S) groups is 1. The van der Waals surface area contributed by atoms with E-state index >= 15 is 0 Å². The van der Waals surface area contributed by atoms with Crippen LogP contribution in [0.25, 0.3) is 0 Å². The van der Waals surface area contributed by atoms with Crippen molar-refractivity contribution >= 4 is 44.9 Å². The maximum Gasteiger partial charge on any atom is 0.307 e. The van der Waals surface area contributed by atoms with Gasteiger partial charge in [0.2, 0.25) is 6.79 Å². The molecule has 0 aliphatic carbocycles. The topological polar surface area (TPSA) is 92.2 Å². The van der Waals surface area contributed by atoms with E-state index in [0.717, 1.165) is 10.0 Å². The molecule has 1 heterocycles. The number of carbonyl (C=O) groups is 1. The summed E-state index contributed by atoms with van der Waals surface area (Å²) in [6, 6.07) is 10.9. The third kappa shape index (κ3) is 4.55. The minimum Gasteiger partial charge on any atom is -0.481 e. The van der Waals surface area contributed by atoms with Crippen LogP contribution in [-0.4, -0.2) is 35.7 Å². The summed E-state index contributed by atoms with van der Waals surface area (Å²) in [5.74, 6) is 0.105. The summed E-state index contributed by atoms with van der Waals surface area (Å²) in [5.41, 5.74) is 5.27. The fourth-order valence-electron chi connectivity index (χ4n) is 2.56. The summed E-state index contributed by atoms with van der Waals surface area (Å²) in [7, 11) is 1.68.